The van der Waals surface area contributed by atoms with Gasteiger partial charge in [-0.25, -0.2) is 4.98 Å². The summed E-state index contributed by atoms with van der Waals surface area (Å²) < 4.78 is 1.83. The molecule has 0 radical (unpaired) electrons. The van der Waals surface area contributed by atoms with E-state index in [4.69, 9.17) is 4.98 Å². The molecule has 2 aromatic rings. The minimum atomic E-state index is 0.0425. The zero-order valence-electron chi connectivity index (χ0n) is 28.0. The highest BCUT2D eigenvalue weighted by molar-refractivity contribution is 5.67. The number of aryl methyl sites for hydroxylation is 3. The quantitative estimate of drug-likeness (QED) is 0.142. The number of rotatable bonds is 16. The second-order valence-corrected chi connectivity index (χ2v) is 12.1. The number of hydrogen-bond donors (Lipinski definition) is 0. The Kier molecular flexibility index (Phi) is 15.3. The van der Waals surface area contributed by atoms with Gasteiger partial charge in [-0.05, 0) is 67.7 Å². The average molecular weight is 604 g/mol. The van der Waals surface area contributed by atoms with Crippen molar-refractivity contribution in [2.24, 2.45) is 5.92 Å². The van der Waals surface area contributed by atoms with E-state index >= 15 is 0 Å². The van der Waals surface area contributed by atoms with Crippen LogP contribution in [0.25, 0.3) is 11.3 Å². The van der Waals surface area contributed by atoms with Gasteiger partial charge in [0.15, 0.2) is 0 Å². The topological polar surface area (TPSA) is 58.7 Å². The van der Waals surface area contributed by atoms with Crippen molar-refractivity contribution < 1.29 is 0 Å². The fourth-order valence-electron chi connectivity index (χ4n) is 6.27. The van der Waals surface area contributed by atoms with Crippen molar-refractivity contribution in [2.75, 3.05) is 0 Å². The summed E-state index contributed by atoms with van der Waals surface area (Å²) >= 11 is 0. The van der Waals surface area contributed by atoms with Crippen molar-refractivity contribution in [3.05, 3.63) is 124 Å². The number of benzene rings is 1. The third-order valence-corrected chi connectivity index (χ3v) is 8.73. The van der Waals surface area contributed by atoms with Crippen LogP contribution in [-0.4, -0.2) is 9.55 Å². The predicted octanol–water partition coefficient (Wildman–Crippen LogP) is 10.3. The molecular formula is C41H53N3O. The predicted molar refractivity (Wildman–Crippen MR) is 192 cm³/mol. The zero-order valence-corrected chi connectivity index (χ0v) is 28.0. The van der Waals surface area contributed by atoms with Crippen molar-refractivity contribution in [1.82, 2.24) is 9.55 Å². The van der Waals surface area contributed by atoms with Crippen LogP contribution in [0.15, 0.2) is 90.3 Å². The first-order chi connectivity index (χ1) is 21.9. The molecule has 3 rings (SSSR count). The van der Waals surface area contributed by atoms with E-state index in [-0.39, 0.29) is 5.56 Å². The number of allylic oxidation sites excluding steroid dienone is 10. The van der Waals surface area contributed by atoms with Gasteiger partial charge in [-0.15, -0.1) is 0 Å². The molecule has 0 spiro atoms. The standard InChI is InChI=1S/C41H53N3O/c1-6-10-11-16-20-35(29-30-42)36-25-22-33(23-26-36)24-28-38-39(17-7-2)43-40(9-4)44(41(38)45)37(8-3)27-21-32(5)31-34-18-14-12-13-15-19-34/h6,8,10-11,20-23,25-27,34H,1,5,7,9,12-19,24,28-29,31H2,2-4H3/b11-10-,27-21-,35-20+,37-8+. The van der Waals surface area contributed by atoms with Crippen LogP contribution in [0, 0.1) is 17.2 Å². The van der Waals surface area contributed by atoms with Crippen molar-refractivity contribution in [3.8, 4) is 6.07 Å². The van der Waals surface area contributed by atoms with Crippen molar-refractivity contribution in [2.45, 2.75) is 111 Å². The summed E-state index contributed by atoms with van der Waals surface area (Å²) in [6.45, 7) is 14.3. The number of nitrogens with zero attached hydrogens (tertiary/aromatic N) is 3. The molecule has 0 amide bonds. The van der Waals surface area contributed by atoms with Crippen molar-refractivity contribution >= 4 is 11.3 Å². The highest BCUT2D eigenvalue weighted by Gasteiger charge is 2.18. The van der Waals surface area contributed by atoms with E-state index in [9.17, 15) is 10.1 Å². The van der Waals surface area contributed by atoms with Gasteiger partial charge >= 0.3 is 0 Å². The Morgan fingerprint density at radius 2 is 1.80 bits per heavy atom. The molecule has 1 aromatic carbocycles. The molecule has 0 bridgehead atoms. The Labute approximate surface area is 272 Å². The second kappa shape index (κ2) is 19.4. The lowest BCUT2D eigenvalue weighted by atomic mass is 9.93. The maximum absolute atomic E-state index is 14.2. The molecule has 0 N–H and O–H groups in total. The van der Waals surface area contributed by atoms with E-state index < -0.39 is 0 Å². The molecule has 4 nitrogen and oxygen atoms in total. The summed E-state index contributed by atoms with van der Waals surface area (Å²) in [6.07, 6.45) is 27.9. The minimum Gasteiger partial charge on any atom is -0.269 e. The Hall–Kier alpha value is -3.97. The molecule has 1 fully saturated rings. The molecular weight excluding hydrogens is 550 g/mol. The summed E-state index contributed by atoms with van der Waals surface area (Å²) in [5.74, 6) is 1.53. The van der Waals surface area contributed by atoms with Gasteiger partial charge in [0.1, 0.15) is 5.82 Å². The maximum atomic E-state index is 14.2. The molecule has 1 aromatic heterocycles. The molecule has 0 saturated heterocycles. The van der Waals surface area contributed by atoms with E-state index in [2.05, 4.69) is 75.6 Å². The molecule has 0 aliphatic heterocycles. The van der Waals surface area contributed by atoms with Crippen LogP contribution in [-0.2, 0) is 25.7 Å². The summed E-state index contributed by atoms with van der Waals surface area (Å²) in [5, 5.41) is 9.34. The van der Waals surface area contributed by atoms with Crippen molar-refractivity contribution in [3.63, 3.8) is 0 Å². The van der Waals surface area contributed by atoms with E-state index in [0.717, 1.165) is 83.1 Å². The van der Waals surface area contributed by atoms with Gasteiger partial charge in [-0.1, -0.05) is 138 Å². The molecule has 238 valence electrons. The maximum Gasteiger partial charge on any atom is 0.261 e. The lowest BCUT2D eigenvalue weighted by molar-refractivity contribution is 0.460. The van der Waals surface area contributed by atoms with Gasteiger partial charge in [0.05, 0.1) is 18.2 Å². The molecule has 1 aliphatic rings. The SMILES string of the molecule is C=C/C=C\C/C=C(\CC#N)c1ccc(CCc2c(CCC)nc(CC)n(C(/C=C\C(=C)CC3CCCCCC3)=C/C)c2=O)cc1. The van der Waals surface area contributed by atoms with Gasteiger partial charge < -0.3 is 0 Å². The Balaban J connectivity index is 1.84. The lowest BCUT2D eigenvalue weighted by Crippen LogP contribution is -2.30. The molecule has 1 saturated carbocycles. The van der Waals surface area contributed by atoms with E-state index in [1.807, 2.05) is 29.7 Å². The van der Waals surface area contributed by atoms with Gasteiger partial charge in [0, 0.05) is 17.7 Å². The highest BCUT2D eigenvalue weighted by atomic mass is 16.1. The summed E-state index contributed by atoms with van der Waals surface area (Å²) in [5.41, 5.74) is 7.01. The monoisotopic (exact) mass is 603 g/mol. The largest absolute Gasteiger partial charge is 0.269 e. The Morgan fingerprint density at radius 1 is 1.07 bits per heavy atom. The van der Waals surface area contributed by atoms with Crippen LogP contribution in [0.1, 0.15) is 113 Å². The van der Waals surface area contributed by atoms with Gasteiger partial charge in [0.2, 0.25) is 0 Å². The van der Waals surface area contributed by atoms with Crippen LogP contribution in [0.5, 0.6) is 0 Å². The highest BCUT2D eigenvalue weighted by Crippen LogP contribution is 2.28. The normalized spacial score (nSPS) is 15.0. The first kappa shape index (κ1) is 35.5. The Bertz CT molecular complexity index is 1480. The van der Waals surface area contributed by atoms with Crippen LogP contribution in [0.4, 0.5) is 0 Å². The van der Waals surface area contributed by atoms with E-state index in [0.29, 0.717) is 19.3 Å². The number of aromatic nitrogens is 2. The zero-order chi connectivity index (χ0) is 32.4. The molecule has 0 atom stereocenters. The van der Waals surface area contributed by atoms with Crippen LogP contribution in [0.2, 0.25) is 0 Å². The molecule has 0 unspecified atom stereocenters. The smallest absolute Gasteiger partial charge is 0.261 e. The first-order valence-corrected chi connectivity index (χ1v) is 17.0. The average Bonchev–Trinajstić information content (AvgIpc) is 3.32. The number of hydrogen-bond acceptors (Lipinski definition) is 3. The van der Waals surface area contributed by atoms with Gasteiger partial charge in [-0.2, -0.15) is 5.26 Å². The Morgan fingerprint density at radius 3 is 2.42 bits per heavy atom. The van der Waals surface area contributed by atoms with E-state index in [1.54, 1.807) is 6.08 Å². The van der Waals surface area contributed by atoms with Crippen molar-refractivity contribution in [1.29, 1.82) is 5.26 Å². The van der Waals surface area contributed by atoms with Crippen LogP contribution < -0.4 is 5.56 Å². The third-order valence-electron chi connectivity index (χ3n) is 8.73. The van der Waals surface area contributed by atoms with E-state index in [1.165, 1.54) is 38.5 Å². The molecule has 1 heterocycles. The van der Waals surface area contributed by atoms with Gasteiger partial charge in [0.25, 0.3) is 5.56 Å². The molecule has 45 heavy (non-hydrogen) atoms. The summed E-state index contributed by atoms with van der Waals surface area (Å²) in [7, 11) is 0. The lowest BCUT2D eigenvalue weighted by Gasteiger charge is -2.18. The first-order valence-electron chi connectivity index (χ1n) is 17.0. The molecule has 4 heteroatoms. The number of nitriles is 1. The third kappa shape index (κ3) is 10.9. The summed E-state index contributed by atoms with van der Waals surface area (Å²) in [4.78, 5) is 19.3. The summed E-state index contributed by atoms with van der Waals surface area (Å²) in [6, 6.07) is 10.7. The fourth-order valence-corrected chi connectivity index (χ4v) is 6.27. The van der Waals surface area contributed by atoms with Crippen LogP contribution >= 0.6 is 0 Å². The minimum absolute atomic E-state index is 0.0425. The second-order valence-electron chi connectivity index (χ2n) is 12.1. The van der Waals surface area contributed by atoms with Gasteiger partial charge in [-0.3, -0.25) is 9.36 Å². The fraction of sp³-hybridized carbons (Fsp3) is 0.439. The molecule has 1 aliphatic carbocycles. The van der Waals surface area contributed by atoms with Crippen LogP contribution in [0.3, 0.4) is 0 Å².